The van der Waals surface area contributed by atoms with E-state index in [4.69, 9.17) is 24.2 Å². The number of ether oxygens (including phenoxy) is 3. The molecule has 0 atom stereocenters. The van der Waals surface area contributed by atoms with E-state index in [0.29, 0.717) is 49.4 Å². The molecule has 4 aromatic heterocycles. The van der Waals surface area contributed by atoms with Gasteiger partial charge >= 0.3 is 5.69 Å². The van der Waals surface area contributed by atoms with Gasteiger partial charge in [0.05, 0.1) is 30.3 Å². The van der Waals surface area contributed by atoms with Gasteiger partial charge in [-0.15, -0.1) is 0 Å². The number of aromatic nitrogens is 6. The Hall–Kier alpha value is -3.77. The second-order valence-corrected chi connectivity index (χ2v) is 10.8. The highest BCUT2D eigenvalue weighted by Crippen LogP contribution is 2.31. The van der Waals surface area contributed by atoms with Crippen LogP contribution in [0, 0.1) is 0 Å². The average Bonchev–Trinajstić information content (AvgIpc) is 3.34. The van der Waals surface area contributed by atoms with Crippen molar-refractivity contribution in [1.82, 2.24) is 29.5 Å². The summed E-state index contributed by atoms with van der Waals surface area (Å²) in [6.07, 6.45) is 8.81. The van der Waals surface area contributed by atoms with Crippen molar-refractivity contribution in [2.45, 2.75) is 56.7 Å². The highest BCUT2D eigenvalue weighted by Gasteiger charge is 2.26. The number of nitrogens with zero attached hydrogens (tertiary/aromatic N) is 6. The predicted octanol–water partition coefficient (Wildman–Crippen LogP) is 3.05. The topological polar surface area (TPSA) is 132 Å². The van der Waals surface area contributed by atoms with Gasteiger partial charge in [0.25, 0.3) is 0 Å². The van der Waals surface area contributed by atoms with Gasteiger partial charge in [-0.25, -0.2) is 9.78 Å². The van der Waals surface area contributed by atoms with Crippen LogP contribution in [0.4, 0.5) is 11.8 Å². The number of nitrogens with one attached hydrogen (secondary N) is 2. The molecule has 0 radical (unpaired) electrons. The summed E-state index contributed by atoms with van der Waals surface area (Å²) in [7, 11) is 0. The normalized spacial score (nSPS) is 22.6. The first-order chi connectivity index (χ1) is 19.7. The number of rotatable bonds is 6. The second-order valence-electron chi connectivity index (χ2n) is 10.8. The molecule has 0 spiro atoms. The van der Waals surface area contributed by atoms with Crippen molar-refractivity contribution in [2.75, 3.05) is 49.7 Å². The summed E-state index contributed by atoms with van der Waals surface area (Å²) in [5.41, 5.74) is 2.06. The molecule has 1 saturated carbocycles. The molecule has 0 aromatic carbocycles. The first kappa shape index (κ1) is 25.2. The molecule has 0 amide bonds. The van der Waals surface area contributed by atoms with Gasteiger partial charge in [0.1, 0.15) is 17.4 Å². The Morgan fingerprint density at radius 3 is 2.60 bits per heavy atom. The standard InChI is InChI=1S/C28H34N8O4/c37-28-32-23-17-30-27(34-25(23)36(28)19-7-12-38-13-8-19)31-18-3-5-20(6-4-18)40-26-21-2-1-9-29-22(21)16-24(33-26)35-10-14-39-15-11-35/h1-2,9,16-20H,3-8,10-15H2,(H,32,37)(H,30,31,34)/t18-,20+. The summed E-state index contributed by atoms with van der Waals surface area (Å²) in [6.45, 7) is 4.33. The average molecular weight is 547 g/mol. The highest BCUT2D eigenvalue weighted by molar-refractivity contribution is 5.85. The van der Waals surface area contributed by atoms with Crippen molar-refractivity contribution >= 4 is 33.8 Å². The van der Waals surface area contributed by atoms with Crippen LogP contribution in [0.3, 0.4) is 0 Å². The van der Waals surface area contributed by atoms with Crippen LogP contribution in [0.2, 0.25) is 0 Å². The van der Waals surface area contributed by atoms with Crippen molar-refractivity contribution in [3.8, 4) is 5.88 Å². The first-order valence-corrected chi connectivity index (χ1v) is 14.3. The van der Waals surface area contributed by atoms with E-state index in [9.17, 15) is 4.79 Å². The van der Waals surface area contributed by atoms with E-state index in [0.717, 1.165) is 68.3 Å². The van der Waals surface area contributed by atoms with Gasteiger partial charge in [0.15, 0.2) is 5.65 Å². The van der Waals surface area contributed by atoms with Crippen LogP contribution in [0.25, 0.3) is 22.1 Å². The Morgan fingerprint density at radius 1 is 0.975 bits per heavy atom. The number of pyridine rings is 2. The number of aromatic amines is 1. The van der Waals surface area contributed by atoms with Gasteiger partial charge in [0.2, 0.25) is 11.8 Å². The van der Waals surface area contributed by atoms with Gasteiger partial charge in [-0.1, -0.05) is 0 Å². The Balaban J connectivity index is 1.03. The number of H-pyrrole nitrogens is 1. The minimum absolute atomic E-state index is 0.0701. The molecule has 12 heteroatoms. The van der Waals surface area contributed by atoms with Crippen LogP contribution < -0.4 is 20.6 Å². The summed E-state index contributed by atoms with van der Waals surface area (Å²) in [4.78, 5) is 36.5. The summed E-state index contributed by atoms with van der Waals surface area (Å²) in [5.74, 6) is 2.08. The monoisotopic (exact) mass is 546 g/mol. The van der Waals surface area contributed by atoms with Crippen LogP contribution in [-0.4, -0.2) is 81.1 Å². The van der Waals surface area contributed by atoms with Gasteiger partial charge in [-0.3, -0.25) is 9.55 Å². The van der Waals surface area contributed by atoms with Crippen LogP contribution in [-0.2, 0) is 9.47 Å². The molecule has 4 aromatic rings. The summed E-state index contributed by atoms with van der Waals surface area (Å²) in [6, 6.07) is 6.30. The number of hydrogen-bond acceptors (Lipinski definition) is 10. The lowest BCUT2D eigenvalue weighted by Gasteiger charge is -2.31. The fourth-order valence-electron chi connectivity index (χ4n) is 6.01. The number of hydrogen-bond donors (Lipinski definition) is 2. The third-order valence-corrected chi connectivity index (χ3v) is 8.18. The molecule has 3 fully saturated rings. The maximum Gasteiger partial charge on any atom is 0.327 e. The molecule has 6 heterocycles. The van der Waals surface area contributed by atoms with E-state index in [1.54, 1.807) is 10.8 Å². The third-order valence-electron chi connectivity index (χ3n) is 8.18. The second kappa shape index (κ2) is 11.0. The summed E-state index contributed by atoms with van der Waals surface area (Å²) in [5, 5.41) is 4.44. The Bertz CT molecular complexity index is 1530. The lowest BCUT2D eigenvalue weighted by Crippen LogP contribution is -2.37. The van der Waals surface area contributed by atoms with Gasteiger partial charge in [-0.05, 0) is 50.7 Å². The third kappa shape index (κ3) is 5.08. The van der Waals surface area contributed by atoms with Gasteiger partial charge < -0.3 is 29.4 Å². The fourth-order valence-corrected chi connectivity index (χ4v) is 6.01. The molecule has 12 nitrogen and oxygen atoms in total. The minimum atomic E-state index is -0.139. The Morgan fingerprint density at radius 2 is 1.77 bits per heavy atom. The minimum Gasteiger partial charge on any atom is -0.474 e. The zero-order valence-electron chi connectivity index (χ0n) is 22.4. The van der Waals surface area contributed by atoms with E-state index in [-0.39, 0.29) is 23.9 Å². The van der Waals surface area contributed by atoms with Crippen LogP contribution >= 0.6 is 0 Å². The lowest BCUT2D eigenvalue weighted by atomic mass is 9.93. The van der Waals surface area contributed by atoms with Crippen molar-refractivity contribution < 1.29 is 14.2 Å². The molecule has 40 heavy (non-hydrogen) atoms. The molecular formula is C28H34N8O4. The van der Waals surface area contributed by atoms with E-state index in [1.807, 2.05) is 24.4 Å². The van der Waals surface area contributed by atoms with Gasteiger partial charge in [0, 0.05) is 50.7 Å². The lowest BCUT2D eigenvalue weighted by molar-refractivity contribution is 0.0697. The molecule has 210 valence electrons. The van der Waals surface area contributed by atoms with Crippen LogP contribution in [0.1, 0.15) is 44.6 Å². The number of anilines is 2. The maximum absolute atomic E-state index is 12.7. The van der Waals surface area contributed by atoms with E-state index < -0.39 is 0 Å². The molecule has 7 rings (SSSR count). The zero-order valence-corrected chi connectivity index (χ0v) is 22.4. The Labute approximate surface area is 231 Å². The van der Waals surface area contributed by atoms with Crippen molar-refractivity contribution in [3.05, 3.63) is 41.1 Å². The number of morpholine rings is 1. The summed E-state index contributed by atoms with van der Waals surface area (Å²) < 4.78 is 19.3. The molecular weight excluding hydrogens is 512 g/mol. The smallest absolute Gasteiger partial charge is 0.327 e. The van der Waals surface area contributed by atoms with Crippen LogP contribution in [0.15, 0.2) is 35.4 Å². The molecule has 0 bridgehead atoms. The Kier molecular flexibility index (Phi) is 6.94. The van der Waals surface area contributed by atoms with Gasteiger partial charge in [-0.2, -0.15) is 9.97 Å². The van der Waals surface area contributed by atoms with E-state index in [2.05, 4.69) is 25.2 Å². The largest absolute Gasteiger partial charge is 0.474 e. The zero-order chi connectivity index (χ0) is 26.9. The maximum atomic E-state index is 12.7. The summed E-state index contributed by atoms with van der Waals surface area (Å²) >= 11 is 0. The van der Waals surface area contributed by atoms with Crippen molar-refractivity contribution in [1.29, 1.82) is 0 Å². The first-order valence-electron chi connectivity index (χ1n) is 14.3. The number of imidazole rings is 1. The quantitative estimate of drug-likeness (QED) is 0.372. The van der Waals surface area contributed by atoms with Crippen molar-refractivity contribution in [3.63, 3.8) is 0 Å². The van der Waals surface area contributed by atoms with Crippen molar-refractivity contribution in [2.24, 2.45) is 0 Å². The molecule has 3 aliphatic rings. The van der Waals surface area contributed by atoms with E-state index >= 15 is 0 Å². The van der Waals surface area contributed by atoms with E-state index in [1.165, 1.54) is 0 Å². The predicted molar refractivity (Wildman–Crippen MR) is 150 cm³/mol. The molecule has 0 unspecified atom stereocenters. The fraction of sp³-hybridized carbons (Fsp3) is 0.536. The number of fused-ring (bicyclic) bond motifs is 2. The molecule has 1 aliphatic carbocycles. The molecule has 2 saturated heterocycles. The van der Waals surface area contributed by atoms with Crippen LogP contribution in [0.5, 0.6) is 5.88 Å². The SMILES string of the molecule is O=c1[nH]c2cnc(N[C@H]3CC[C@@H](Oc4nc(N5CCOCC5)cc5ncccc45)CC3)nc2n1C1CCOCC1. The highest BCUT2D eigenvalue weighted by atomic mass is 16.5. The molecule has 2 N–H and O–H groups in total. The molecule has 2 aliphatic heterocycles.